The topological polar surface area (TPSA) is 61.9 Å². The average molecular weight is 444 g/mol. The molecular formula is C27H29N3O3. The Hall–Kier alpha value is -3.80. The lowest BCUT2D eigenvalue weighted by Gasteiger charge is -2.21. The molecule has 1 aliphatic rings. The van der Waals surface area contributed by atoms with Gasteiger partial charge in [-0.3, -0.25) is 9.69 Å². The van der Waals surface area contributed by atoms with Gasteiger partial charge in [-0.2, -0.15) is 0 Å². The first-order chi connectivity index (χ1) is 16.2. The van der Waals surface area contributed by atoms with Crippen LogP contribution in [0.1, 0.15) is 23.5 Å². The van der Waals surface area contributed by atoms with Crippen molar-refractivity contribution in [2.45, 2.75) is 12.3 Å². The number of para-hydroxylation sites is 2. The lowest BCUT2D eigenvalue weighted by Crippen LogP contribution is -2.40. The number of rotatable bonds is 9. The van der Waals surface area contributed by atoms with E-state index < -0.39 is 0 Å². The van der Waals surface area contributed by atoms with Crippen LogP contribution in [0.4, 0.5) is 10.5 Å². The Morgan fingerprint density at radius 2 is 1.52 bits per heavy atom. The Kier molecular flexibility index (Phi) is 7.25. The molecule has 1 fully saturated rings. The van der Waals surface area contributed by atoms with Gasteiger partial charge in [-0.15, -0.1) is 0 Å². The van der Waals surface area contributed by atoms with E-state index in [0.29, 0.717) is 25.4 Å². The van der Waals surface area contributed by atoms with Crippen molar-refractivity contribution >= 4 is 17.6 Å². The molecular weight excluding hydrogens is 414 g/mol. The number of nitrogens with zero attached hydrogens (tertiary/aromatic N) is 2. The lowest BCUT2D eigenvalue weighted by molar-refractivity contribution is -0.121. The number of methoxy groups -OCH3 is 1. The van der Waals surface area contributed by atoms with Gasteiger partial charge in [0, 0.05) is 25.6 Å². The first-order valence-electron chi connectivity index (χ1n) is 11.2. The molecule has 3 aromatic rings. The third kappa shape index (κ3) is 5.34. The highest BCUT2D eigenvalue weighted by molar-refractivity contribution is 5.97. The van der Waals surface area contributed by atoms with Gasteiger partial charge in [-0.1, -0.05) is 72.8 Å². The molecule has 0 aliphatic carbocycles. The van der Waals surface area contributed by atoms with Crippen LogP contribution in [0.5, 0.6) is 5.75 Å². The van der Waals surface area contributed by atoms with Crippen LogP contribution in [-0.4, -0.2) is 50.1 Å². The zero-order chi connectivity index (χ0) is 23.0. The SMILES string of the molecule is COc1ccccc1N1CCN(CC(=O)NCCC(c2ccccc2)c2ccccc2)C1=O. The van der Waals surface area contributed by atoms with Crippen LogP contribution in [-0.2, 0) is 4.79 Å². The number of nitrogens with one attached hydrogen (secondary N) is 1. The summed E-state index contributed by atoms with van der Waals surface area (Å²) in [6.07, 6.45) is 0.779. The molecule has 0 unspecified atom stereocenters. The van der Waals surface area contributed by atoms with Gasteiger partial charge in [0.2, 0.25) is 5.91 Å². The van der Waals surface area contributed by atoms with Crippen LogP contribution >= 0.6 is 0 Å². The molecule has 1 heterocycles. The van der Waals surface area contributed by atoms with E-state index in [0.717, 1.165) is 12.1 Å². The Labute approximate surface area is 194 Å². The normalized spacial score (nSPS) is 13.5. The number of carbonyl (C=O) groups is 2. The van der Waals surface area contributed by atoms with Crippen LogP contribution in [0.2, 0.25) is 0 Å². The second-order valence-corrected chi connectivity index (χ2v) is 8.04. The quantitative estimate of drug-likeness (QED) is 0.537. The summed E-state index contributed by atoms with van der Waals surface area (Å²) in [5.41, 5.74) is 3.17. The fourth-order valence-corrected chi connectivity index (χ4v) is 4.29. The smallest absolute Gasteiger partial charge is 0.325 e. The highest BCUT2D eigenvalue weighted by atomic mass is 16.5. The standard InChI is InChI=1S/C27H29N3O3/c1-33-25-15-9-8-14-24(25)30-19-18-29(27(30)32)20-26(31)28-17-16-23(21-10-4-2-5-11-21)22-12-6-3-7-13-22/h2-15,23H,16-20H2,1H3,(H,28,31). The summed E-state index contributed by atoms with van der Waals surface area (Å²) in [6.45, 7) is 1.61. The van der Waals surface area contributed by atoms with E-state index in [-0.39, 0.29) is 24.4 Å². The average Bonchev–Trinajstić information content (AvgIpc) is 3.22. The maximum atomic E-state index is 12.9. The number of anilines is 1. The monoisotopic (exact) mass is 443 g/mol. The summed E-state index contributed by atoms with van der Waals surface area (Å²) in [5, 5.41) is 3.00. The molecule has 6 heteroatoms. The van der Waals surface area contributed by atoms with Crippen LogP contribution in [0, 0.1) is 0 Å². The minimum Gasteiger partial charge on any atom is -0.495 e. The first-order valence-corrected chi connectivity index (χ1v) is 11.2. The molecule has 3 amide bonds. The van der Waals surface area contributed by atoms with E-state index >= 15 is 0 Å². The van der Waals surface area contributed by atoms with Crippen LogP contribution in [0.3, 0.4) is 0 Å². The number of urea groups is 1. The molecule has 0 aromatic heterocycles. The maximum Gasteiger partial charge on any atom is 0.325 e. The summed E-state index contributed by atoms with van der Waals surface area (Å²) in [7, 11) is 1.59. The molecule has 0 bridgehead atoms. The largest absolute Gasteiger partial charge is 0.495 e. The van der Waals surface area contributed by atoms with Crippen LogP contribution in [0.25, 0.3) is 0 Å². The number of amides is 3. The predicted molar refractivity (Wildman–Crippen MR) is 130 cm³/mol. The molecule has 0 saturated carbocycles. The third-order valence-electron chi connectivity index (χ3n) is 5.96. The number of ether oxygens (including phenoxy) is 1. The van der Waals surface area contributed by atoms with Gasteiger partial charge in [-0.05, 0) is 29.7 Å². The molecule has 6 nitrogen and oxygen atoms in total. The molecule has 1 N–H and O–H groups in total. The van der Waals surface area contributed by atoms with Crippen molar-refractivity contribution in [1.82, 2.24) is 10.2 Å². The second kappa shape index (κ2) is 10.7. The Morgan fingerprint density at radius 1 is 0.909 bits per heavy atom. The molecule has 0 spiro atoms. The van der Waals surface area contributed by atoms with Gasteiger partial charge in [-0.25, -0.2) is 4.79 Å². The predicted octanol–water partition coefficient (Wildman–Crippen LogP) is 4.28. The minimum absolute atomic E-state index is 0.0474. The summed E-state index contributed by atoms with van der Waals surface area (Å²) in [6, 6.07) is 27.9. The van der Waals surface area contributed by atoms with Crippen molar-refractivity contribution < 1.29 is 14.3 Å². The van der Waals surface area contributed by atoms with Gasteiger partial charge in [0.1, 0.15) is 12.3 Å². The molecule has 3 aromatic carbocycles. The number of benzene rings is 3. The van der Waals surface area contributed by atoms with E-state index in [9.17, 15) is 9.59 Å². The van der Waals surface area contributed by atoms with Crippen LogP contribution < -0.4 is 15.0 Å². The zero-order valence-electron chi connectivity index (χ0n) is 18.8. The van der Waals surface area contributed by atoms with E-state index in [2.05, 4.69) is 29.6 Å². The van der Waals surface area contributed by atoms with Gasteiger partial charge in [0.15, 0.2) is 0 Å². The van der Waals surface area contributed by atoms with E-state index in [4.69, 9.17) is 4.74 Å². The molecule has 170 valence electrons. The molecule has 4 rings (SSSR count). The molecule has 0 atom stereocenters. The van der Waals surface area contributed by atoms with E-state index in [1.165, 1.54) is 11.1 Å². The first kappa shape index (κ1) is 22.4. The van der Waals surface area contributed by atoms with Crippen molar-refractivity contribution in [3.8, 4) is 5.75 Å². The highest BCUT2D eigenvalue weighted by Crippen LogP contribution is 2.30. The fraction of sp³-hybridized carbons (Fsp3) is 0.259. The summed E-state index contributed by atoms with van der Waals surface area (Å²) >= 11 is 0. The minimum atomic E-state index is -0.180. The van der Waals surface area contributed by atoms with Crippen molar-refractivity contribution in [2.75, 3.05) is 38.2 Å². The number of carbonyl (C=O) groups excluding carboxylic acids is 2. The summed E-state index contributed by atoms with van der Waals surface area (Å²) in [4.78, 5) is 28.7. The van der Waals surface area contributed by atoms with Crippen LogP contribution in [0.15, 0.2) is 84.9 Å². The molecule has 1 aliphatic heterocycles. The van der Waals surface area contributed by atoms with Gasteiger partial charge in [0.25, 0.3) is 0 Å². The summed E-state index contributed by atoms with van der Waals surface area (Å²) < 4.78 is 5.38. The van der Waals surface area contributed by atoms with Crippen molar-refractivity contribution in [3.63, 3.8) is 0 Å². The maximum absolute atomic E-state index is 12.9. The van der Waals surface area contributed by atoms with Crippen molar-refractivity contribution in [3.05, 3.63) is 96.1 Å². The molecule has 33 heavy (non-hydrogen) atoms. The van der Waals surface area contributed by atoms with Gasteiger partial charge >= 0.3 is 6.03 Å². The Balaban J connectivity index is 1.33. The Bertz CT molecular complexity index is 1030. The van der Waals surface area contributed by atoms with Crippen molar-refractivity contribution in [1.29, 1.82) is 0 Å². The number of hydrogen-bond donors (Lipinski definition) is 1. The lowest BCUT2D eigenvalue weighted by atomic mass is 9.88. The van der Waals surface area contributed by atoms with Gasteiger partial charge in [0.05, 0.1) is 12.8 Å². The van der Waals surface area contributed by atoms with E-state index in [1.54, 1.807) is 16.9 Å². The zero-order valence-corrected chi connectivity index (χ0v) is 18.8. The summed E-state index contributed by atoms with van der Waals surface area (Å²) in [5.74, 6) is 0.692. The molecule has 0 radical (unpaired) electrons. The number of hydrogen-bond acceptors (Lipinski definition) is 3. The van der Waals surface area contributed by atoms with E-state index in [1.807, 2.05) is 60.7 Å². The van der Waals surface area contributed by atoms with Crippen molar-refractivity contribution in [2.24, 2.45) is 0 Å². The Morgan fingerprint density at radius 3 is 2.15 bits per heavy atom. The molecule has 1 saturated heterocycles. The van der Waals surface area contributed by atoms with Gasteiger partial charge < -0.3 is 15.0 Å². The third-order valence-corrected chi connectivity index (χ3v) is 5.96. The highest BCUT2D eigenvalue weighted by Gasteiger charge is 2.32. The fourth-order valence-electron chi connectivity index (χ4n) is 4.29. The second-order valence-electron chi connectivity index (χ2n) is 8.04.